The molecule has 2 heteroatoms. The first kappa shape index (κ1) is 15.4. The molecule has 0 saturated heterocycles. The summed E-state index contributed by atoms with van der Waals surface area (Å²) >= 11 is 0. The van der Waals surface area contributed by atoms with E-state index in [1.54, 1.807) is 6.20 Å². The molecule has 4 aromatic rings. The smallest absolute Gasteiger partial charge is 0.0645 e. The first-order valence-corrected chi connectivity index (χ1v) is 8.49. The molecule has 0 atom stereocenters. The molecule has 0 aliphatic carbocycles. The van der Waals surface area contributed by atoms with Gasteiger partial charge in [-0.05, 0) is 65.4 Å². The van der Waals surface area contributed by atoms with Crippen molar-refractivity contribution in [3.05, 3.63) is 96.3 Å². The first-order chi connectivity index (χ1) is 12.2. The minimum atomic E-state index is 1.07. The Morgan fingerprint density at radius 3 is 1.96 bits per heavy atom. The van der Waals surface area contributed by atoms with Crippen molar-refractivity contribution in [1.82, 2.24) is 9.78 Å². The van der Waals surface area contributed by atoms with Gasteiger partial charge in [-0.2, -0.15) is 5.10 Å². The predicted octanol–water partition coefficient (Wildman–Crippen LogP) is 5.82. The molecule has 3 aromatic carbocycles. The SMILES string of the molecule is Cc1cc(-c2ccccc2)cc(C)c1-c1ccc(-n2cccn2)cc1. The van der Waals surface area contributed by atoms with Gasteiger partial charge in [-0.15, -0.1) is 0 Å². The molecule has 0 radical (unpaired) electrons. The topological polar surface area (TPSA) is 17.8 Å². The number of aromatic nitrogens is 2. The lowest BCUT2D eigenvalue weighted by molar-refractivity contribution is 0.881. The lowest BCUT2D eigenvalue weighted by atomic mass is 9.91. The summed E-state index contributed by atoms with van der Waals surface area (Å²) in [5.41, 5.74) is 8.75. The number of hydrogen-bond donors (Lipinski definition) is 0. The van der Waals surface area contributed by atoms with Gasteiger partial charge in [0, 0.05) is 12.4 Å². The molecule has 25 heavy (non-hydrogen) atoms. The van der Waals surface area contributed by atoms with E-state index in [9.17, 15) is 0 Å². The summed E-state index contributed by atoms with van der Waals surface area (Å²) in [6, 6.07) is 25.6. The fourth-order valence-corrected chi connectivity index (χ4v) is 3.42. The zero-order chi connectivity index (χ0) is 17.2. The van der Waals surface area contributed by atoms with Gasteiger partial charge in [0.15, 0.2) is 0 Å². The van der Waals surface area contributed by atoms with Crippen molar-refractivity contribution >= 4 is 0 Å². The zero-order valence-electron chi connectivity index (χ0n) is 14.5. The first-order valence-electron chi connectivity index (χ1n) is 8.49. The highest BCUT2D eigenvalue weighted by Crippen LogP contribution is 2.32. The summed E-state index contributed by atoms with van der Waals surface area (Å²) in [5.74, 6) is 0. The zero-order valence-corrected chi connectivity index (χ0v) is 14.5. The summed E-state index contributed by atoms with van der Waals surface area (Å²) in [6.45, 7) is 4.38. The quantitative estimate of drug-likeness (QED) is 0.464. The highest BCUT2D eigenvalue weighted by Gasteiger charge is 2.09. The van der Waals surface area contributed by atoms with Gasteiger partial charge in [0.1, 0.15) is 0 Å². The van der Waals surface area contributed by atoms with Gasteiger partial charge in [0.05, 0.1) is 5.69 Å². The third-order valence-corrected chi connectivity index (χ3v) is 4.56. The number of rotatable bonds is 3. The number of hydrogen-bond acceptors (Lipinski definition) is 1. The molecule has 0 fully saturated rings. The van der Waals surface area contributed by atoms with E-state index in [1.165, 1.54) is 33.4 Å². The van der Waals surface area contributed by atoms with Crippen LogP contribution in [0.3, 0.4) is 0 Å². The minimum Gasteiger partial charge on any atom is -0.241 e. The van der Waals surface area contributed by atoms with E-state index in [2.05, 4.69) is 85.7 Å². The highest BCUT2D eigenvalue weighted by molar-refractivity contribution is 5.77. The summed E-state index contributed by atoms with van der Waals surface area (Å²) in [7, 11) is 0. The fraction of sp³-hybridized carbons (Fsp3) is 0.0870. The van der Waals surface area contributed by atoms with Gasteiger partial charge in [-0.1, -0.05) is 54.6 Å². The van der Waals surface area contributed by atoms with Crippen LogP contribution in [-0.4, -0.2) is 9.78 Å². The van der Waals surface area contributed by atoms with Crippen molar-refractivity contribution in [2.45, 2.75) is 13.8 Å². The second kappa shape index (κ2) is 6.40. The Hall–Kier alpha value is -3.13. The second-order valence-electron chi connectivity index (χ2n) is 6.35. The number of aryl methyl sites for hydroxylation is 2. The number of nitrogens with zero attached hydrogens (tertiary/aromatic N) is 2. The molecule has 0 saturated carbocycles. The molecule has 4 rings (SSSR count). The maximum absolute atomic E-state index is 4.29. The van der Waals surface area contributed by atoms with Gasteiger partial charge in [0.25, 0.3) is 0 Å². The van der Waals surface area contributed by atoms with Crippen LogP contribution >= 0.6 is 0 Å². The van der Waals surface area contributed by atoms with Crippen LogP contribution in [0.1, 0.15) is 11.1 Å². The van der Waals surface area contributed by atoms with Crippen molar-refractivity contribution in [1.29, 1.82) is 0 Å². The Bertz CT molecular complexity index is 959. The normalized spacial score (nSPS) is 10.8. The molecule has 0 amide bonds. The van der Waals surface area contributed by atoms with E-state index in [0.717, 1.165) is 5.69 Å². The van der Waals surface area contributed by atoms with Gasteiger partial charge in [-0.25, -0.2) is 4.68 Å². The molecule has 0 spiro atoms. The fourth-order valence-electron chi connectivity index (χ4n) is 3.42. The highest BCUT2D eigenvalue weighted by atomic mass is 15.3. The Labute approximate surface area is 148 Å². The van der Waals surface area contributed by atoms with Crippen molar-refractivity contribution in [2.75, 3.05) is 0 Å². The van der Waals surface area contributed by atoms with Crippen molar-refractivity contribution in [2.24, 2.45) is 0 Å². The van der Waals surface area contributed by atoms with Crippen LogP contribution < -0.4 is 0 Å². The van der Waals surface area contributed by atoms with Crippen LogP contribution in [0.2, 0.25) is 0 Å². The minimum absolute atomic E-state index is 1.07. The lowest BCUT2D eigenvalue weighted by Crippen LogP contribution is -1.95. The molecule has 0 aliphatic heterocycles. The Morgan fingerprint density at radius 1 is 0.680 bits per heavy atom. The molecule has 122 valence electrons. The van der Waals surface area contributed by atoms with E-state index in [1.807, 2.05) is 16.9 Å². The third kappa shape index (κ3) is 2.99. The van der Waals surface area contributed by atoms with Crippen molar-refractivity contribution < 1.29 is 0 Å². The van der Waals surface area contributed by atoms with Gasteiger partial charge in [0.2, 0.25) is 0 Å². The maximum Gasteiger partial charge on any atom is 0.0645 e. The van der Waals surface area contributed by atoms with E-state index in [4.69, 9.17) is 0 Å². The lowest BCUT2D eigenvalue weighted by Gasteiger charge is -2.14. The third-order valence-electron chi connectivity index (χ3n) is 4.56. The van der Waals surface area contributed by atoms with Crippen LogP contribution in [-0.2, 0) is 0 Å². The molecule has 0 aliphatic rings. The predicted molar refractivity (Wildman–Crippen MR) is 104 cm³/mol. The largest absolute Gasteiger partial charge is 0.241 e. The van der Waals surface area contributed by atoms with Crippen LogP contribution in [0.5, 0.6) is 0 Å². The average molecular weight is 324 g/mol. The van der Waals surface area contributed by atoms with E-state index < -0.39 is 0 Å². The molecular formula is C23H20N2. The average Bonchev–Trinajstić information content (AvgIpc) is 3.17. The number of benzene rings is 3. The van der Waals surface area contributed by atoms with Gasteiger partial charge >= 0.3 is 0 Å². The van der Waals surface area contributed by atoms with Crippen LogP contribution in [0, 0.1) is 13.8 Å². The van der Waals surface area contributed by atoms with Crippen LogP contribution in [0.15, 0.2) is 85.2 Å². The van der Waals surface area contributed by atoms with E-state index >= 15 is 0 Å². The van der Waals surface area contributed by atoms with Crippen LogP contribution in [0.4, 0.5) is 0 Å². The maximum atomic E-state index is 4.29. The van der Waals surface area contributed by atoms with E-state index in [0.29, 0.717) is 0 Å². The van der Waals surface area contributed by atoms with Gasteiger partial charge < -0.3 is 0 Å². The molecule has 2 nitrogen and oxygen atoms in total. The Balaban J connectivity index is 1.73. The second-order valence-corrected chi connectivity index (χ2v) is 6.35. The van der Waals surface area contributed by atoms with Crippen molar-refractivity contribution in [3.8, 4) is 27.9 Å². The van der Waals surface area contributed by atoms with Crippen molar-refractivity contribution in [3.63, 3.8) is 0 Å². The molecule has 0 unspecified atom stereocenters. The molecule has 0 bridgehead atoms. The monoisotopic (exact) mass is 324 g/mol. The summed E-state index contributed by atoms with van der Waals surface area (Å²) < 4.78 is 1.88. The summed E-state index contributed by atoms with van der Waals surface area (Å²) in [5, 5.41) is 4.29. The molecule has 1 heterocycles. The standard InChI is InChI=1S/C23H20N2/c1-17-15-21(19-7-4-3-5-8-19)16-18(2)23(17)20-9-11-22(12-10-20)25-14-6-13-24-25/h3-16H,1-2H3. The molecule has 0 N–H and O–H groups in total. The molecular weight excluding hydrogens is 304 g/mol. The van der Waals surface area contributed by atoms with E-state index in [-0.39, 0.29) is 0 Å². The summed E-state index contributed by atoms with van der Waals surface area (Å²) in [6.07, 6.45) is 3.75. The summed E-state index contributed by atoms with van der Waals surface area (Å²) in [4.78, 5) is 0. The van der Waals surface area contributed by atoms with Gasteiger partial charge in [-0.3, -0.25) is 0 Å². The Kier molecular flexibility index (Phi) is 3.95. The Morgan fingerprint density at radius 2 is 1.36 bits per heavy atom. The molecule has 1 aromatic heterocycles. The van der Waals surface area contributed by atoms with Crippen LogP contribution in [0.25, 0.3) is 27.9 Å².